The van der Waals surface area contributed by atoms with E-state index in [1.807, 2.05) is 0 Å². The zero-order valence-corrected chi connectivity index (χ0v) is 20.3. The number of hydrogen-bond donors (Lipinski definition) is 2. The Hall–Kier alpha value is -0.600. The lowest BCUT2D eigenvalue weighted by Gasteiger charge is -2.58. The van der Waals surface area contributed by atoms with Gasteiger partial charge in [0.25, 0.3) is 0 Å². The van der Waals surface area contributed by atoms with Gasteiger partial charge in [-0.3, -0.25) is 0 Å². The van der Waals surface area contributed by atoms with Crippen molar-refractivity contribution < 1.29 is 10.2 Å². The van der Waals surface area contributed by atoms with Crippen molar-refractivity contribution in [2.45, 2.75) is 105 Å². The van der Waals surface area contributed by atoms with Gasteiger partial charge < -0.3 is 10.2 Å². The lowest BCUT2D eigenvalue weighted by Crippen LogP contribution is -2.53. The molecule has 0 radical (unpaired) electrons. The van der Waals surface area contributed by atoms with E-state index in [2.05, 4.69) is 53.7 Å². The summed E-state index contributed by atoms with van der Waals surface area (Å²) in [7, 11) is 0. The highest BCUT2D eigenvalue weighted by atomic mass is 16.3. The standard InChI is InChI=1S/C28H46O2/c1-17(2)18(3)7-8-19(4)22-9-10-23-21-16-26(30)25-15-20(29)11-13-28(25,6)24(21)12-14-27(22,23)5/h8,12,17-18,20-23,25-26,29-30H,7,9-11,13-16H2,1-6H3. The molecule has 0 saturated heterocycles. The Morgan fingerprint density at radius 3 is 2.53 bits per heavy atom. The molecular formula is C28H46O2. The third-order valence-electron chi connectivity index (χ3n) is 10.5. The van der Waals surface area contributed by atoms with E-state index >= 15 is 0 Å². The van der Waals surface area contributed by atoms with E-state index in [-0.39, 0.29) is 23.5 Å². The van der Waals surface area contributed by atoms with Crippen LogP contribution in [0.5, 0.6) is 0 Å². The van der Waals surface area contributed by atoms with Crippen molar-refractivity contribution in [3.63, 3.8) is 0 Å². The molecule has 0 aromatic carbocycles. The summed E-state index contributed by atoms with van der Waals surface area (Å²) in [6, 6.07) is 0. The summed E-state index contributed by atoms with van der Waals surface area (Å²) in [5, 5.41) is 21.4. The first-order valence-corrected chi connectivity index (χ1v) is 12.8. The lowest BCUT2D eigenvalue weighted by atomic mass is 9.48. The molecule has 0 bridgehead atoms. The normalized spacial score (nSPS) is 47.4. The minimum atomic E-state index is -0.253. The number of rotatable bonds is 4. The fourth-order valence-electron chi connectivity index (χ4n) is 8.09. The molecule has 30 heavy (non-hydrogen) atoms. The van der Waals surface area contributed by atoms with Gasteiger partial charge in [-0.25, -0.2) is 0 Å². The maximum Gasteiger partial charge on any atom is 0.0583 e. The number of fused-ring (bicyclic) bond motifs is 5. The Bertz CT molecular complexity index is 705. The van der Waals surface area contributed by atoms with Crippen molar-refractivity contribution in [1.29, 1.82) is 0 Å². The first-order chi connectivity index (χ1) is 14.1. The molecule has 4 aliphatic carbocycles. The number of allylic oxidation sites excluding steroid dienone is 4. The molecule has 0 aromatic heterocycles. The summed E-state index contributed by atoms with van der Waals surface area (Å²) >= 11 is 0. The predicted octanol–water partition coefficient (Wildman–Crippen LogP) is 6.53. The third-order valence-corrected chi connectivity index (χ3v) is 10.5. The van der Waals surface area contributed by atoms with E-state index in [0.29, 0.717) is 23.2 Å². The van der Waals surface area contributed by atoms with Gasteiger partial charge >= 0.3 is 0 Å². The molecular weight excluding hydrogens is 368 g/mol. The van der Waals surface area contributed by atoms with Gasteiger partial charge in [0.1, 0.15) is 0 Å². The average Bonchev–Trinajstić information content (AvgIpc) is 3.04. The summed E-state index contributed by atoms with van der Waals surface area (Å²) in [6.07, 6.45) is 13.3. The minimum Gasteiger partial charge on any atom is -0.393 e. The van der Waals surface area contributed by atoms with Crippen LogP contribution in [0.1, 0.15) is 92.9 Å². The summed E-state index contributed by atoms with van der Waals surface area (Å²) < 4.78 is 0. The molecule has 2 nitrogen and oxygen atoms in total. The monoisotopic (exact) mass is 414 g/mol. The fourth-order valence-corrected chi connectivity index (χ4v) is 8.09. The van der Waals surface area contributed by atoms with Crippen LogP contribution in [0.25, 0.3) is 0 Å². The van der Waals surface area contributed by atoms with Gasteiger partial charge in [-0.1, -0.05) is 57.9 Å². The van der Waals surface area contributed by atoms with Crippen molar-refractivity contribution in [3.8, 4) is 0 Å². The van der Waals surface area contributed by atoms with E-state index in [9.17, 15) is 10.2 Å². The van der Waals surface area contributed by atoms with E-state index < -0.39 is 0 Å². The Morgan fingerprint density at radius 1 is 1.10 bits per heavy atom. The van der Waals surface area contributed by atoms with E-state index in [1.165, 1.54) is 25.7 Å². The summed E-state index contributed by atoms with van der Waals surface area (Å²) in [6.45, 7) is 14.4. The molecule has 0 amide bonds. The van der Waals surface area contributed by atoms with Crippen LogP contribution in [0.4, 0.5) is 0 Å². The second kappa shape index (κ2) is 8.07. The molecule has 9 unspecified atom stereocenters. The molecule has 170 valence electrons. The Morgan fingerprint density at radius 2 is 1.83 bits per heavy atom. The molecule has 0 aliphatic heterocycles. The molecule has 4 rings (SSSR count). The highest BCUT2D eigenvalue weighted by molar-refractivity contribution is 5.31. The van der Waals surface area contributed by atoms with Crippen molar-refractivity contribution >= 4 is 0 Å². The van der Waals surface area contributed by atoms with Gasteiger partial charge in [0.15, 0.2) is 0 Å². The molecule has 3 fully saturated rings. The zero-order chi connectivity index (χ0) is 21.8. The van der Waals surface area contributed by atoms with Crippen molar-refractivity contribution in [3.05, 3.63) is 23.3 Å². The Kier molecular flexibility index (Phi) is 6.08. The summed E-state index contributed by atoms with van der Waals surface area (Å²) in [4.78, 5) is 0. The van der Waals surface area contributed by atoms with Gasteiger partial charge in [0.05, 0.1) is 12.2 Å². The van der Waals surface area contributed by atoms with Crippen molar-refractivity contribution in [1.82, 2.24) is 0 Å². The molecule has 2 heteroatoms. The van der Waals surface area contributed by atoms with Gasteiger partial charge in [0.2, 0.25) is 0 Å². The molecule has 4 aliphatic rings. The molecule has 0 heterocycles. The molecule has 0 spiro atoms. The van der Waals surface area contributed by atoms with Gasteiger partial charge in [-0.05, 0) is 105 Å². The Labute approximate surface area is 185 Å². The molecule has 0 aromatic rings. The minimum absolute atomic E-state index is 0.0958. The first kappa shape index (κ1) is 22.6. The van der Waals surface area contributed by atoms with Crippen LogP contribution in [0.15, 0.2) is 23.3 Å². The predicted molar refractivity (Wildman–Crippen MR) is 125 cm³/mol. The summed E-state index contributed by atoms with van der Waals surface area (Å²) in [5.74, 6) is 3.66. The largest absolute Gasteiger partial charge is 0.393 e. The zero-order valence-electron chi connectivity index (χ0n) is 20.3. The number of hydrogen-bond acceptors (Lipinski definition) is 2. The van der Waals surface area contributed by atoms with E-state index in [0.717, 1.165) is 37.5 Å². The van der Waals surface area contributed by atoms with Crippen LogP contribution in [-0.4, -0.2) is 22.4 Å². The second-order valence-electron chi connectivity index (χ2n) is 12.4. The highest BCUT2D eigenvalue weighted by Gasteiger charge is 2.59. The van der Waals surface area contributed by atoms with Crippen molar-refractivity contribution in [2.75, 3.05) is 0 Å². The SMILES string of the molecule is CC(=CCC(C)C(C)C)C1CCC2C3CC(O)C4CC(O)CCC4(C)C3=CCC12C. The maximum atomic E-state index is 11.2. The van der Waals surface area contributed by atoms with Crippen LogP contribution < -0.4 is 0 Å². The van der Waals surface area contributed by atoms with Gasteiger partial charge in [0, 0.05) is 0 Å². The fraction of sp³-hybridized carbons (Fsp3) is 0.857. The topological polar surface area (TPSA) is 40.5 Å². The number of aliphatic hydroxyl groups excluding tert-OH is 2. The molecule has 3 saturated carbocycles. The quantitative estimate of drug-likeness (QED) is 0.514. The van der Waals surface area contributed by atoms with Crippen LogP contribution in [0.2, 0.25) is 0 Å². The first-order valence-electron chi connectivity index (χ1n) is 12.8. The smallest absolute Gasteiger partial charge is 0.0583 e. The van der Waals surface area contributed by atoms with Gasteiger partial charge in [-0.15, -0.1) is 0 Å². The van der Waals surface area contributed by atoms with E-state index in [1.54, 1.807) is 11.1 Å². The molecule has 9 atom stereocenters. The number of aliphatic hydroxyl groups is 2. The maximum absolute atomic E-state index is 11.2. The van der Waals surface area contributed by atoms with Crippen LogP contribution in [-0.2, 0) is 0 Å². The average molecular weight is 415 g/mol. The molecule has 2 N–H and O–H groups in total. The van der Waals surface area contributed by atoms with Crippen LogP contribution >= 0.6 is 0 Å². The van der Waals surface area contributed by atoms with Gasteiger partial charge in [-0.2, -0.15) is 0 Å². The second-order valence-corrected chi connectivity index (χ2v) is 12.4. The van der Waals surface area contributed by atoms with E-state index in [4.69, 9.17) is 0 Å². The summed E-state index contributed by atoms with van der Waals surface area (Å²) in [5.41, 5.74) is 3.71. The van der Waals surface area contributed by atoms with Crippen molar-refractivity contribution in [2.24, 2.45) is 46.3 Å². The Balaban J connectivity index is 1.59. The lowest BCUT2D eigenvalue weighted by molar-refractivity contribution is -0.0807. The third kappa shape index (κ3) is 3.54. The highest BCUT2D eigenvalue weighted by Crippen LogP contribution is 2.66. The van der Waals surface area contributed by atoms with Crippen LogP contribution in [0, 0.1) is 46.3 Å². The van der Waals surface area contributed by atoms with Crippen LogP contribution in [0.3, 0.4) is 0 Å².